The van der Waals surface area contributed by atoms with Crippen molar-refractivity contribution in [1.82, 2.24) is 0 Å². The maximum atomic E-state index is 12.3. The smallest absolute Gasteiger partial charge is 0.419 e. The van der Waals surface area contributed by atoms with E-state index < -0.39 is 23.3 Å². The first-order chi connectivity index (χ1) is 8.39. The van der Waals surface area contributed by atoms with E-state index in [-0.39, 0.29) is 10.6 Å². The Labute approximate surface area is 105 Å². The van der Waals surface area contributed by atoms with Crippen molar-refractivity contribution >= 4 is 17.4 Å². The number of carbonyl (C=O) groups excluding carboxylic acids is 1. The quantitative estimate of drug-likeness (QED) is 0.769. The average Bonchev–Trinajstić information content (AvgIpc) is 2.77. The van der Waals surface area contributed by atoms with Gasteiger partial charge in [-0.2, -0.15) is 13.2 Å². The summed E-state index contributed by atoms with van der Waals surface area (Å²) in [5, 5.41) is 0.160. The van der Waals surface area contributed by atoms with Crippen molar-refractivity contribution in [3.8, 4) is 0 Å². The van der Waals surface area contributed by atoms with E-state index in [0.29, 0.717) is 12.3 Å². The number of hydrogen-bond acceptors (Lipinski definition) is 2. The zero-order valence-electron chi connectivity index (χ0n) is 8.79. The molecule has 0 aliphatic rings. The Hall–Kier alpha value is -1.75. The van der Waals surface area contributed by atoms with E-state index in [1.165, 1.54) is 12.1 Å². The highest BCUT2D eigenvalue weighted by atomic mass is 35.5. The fraction of sp³-hybridized carbons (Fsp3) is 0.0833. The zero-order valence-corrected chi connectivity index (χ0v) is 9.55. The Morgan fingerprint density at radius 1 is 1.22 bits per heavy atom. The van der Waals surface area contributed by atoms with E-state index >= 15 is 0 Å². The van der Waals surface area contributed by atoms with Crippen LogP contribution in [0.25, 0.3) is 0 Å². The van der Waals surface area contributed by atoms with Crippen LogP contribution in [0.3, 0.4) is 0 Å². The largest absolute Gasteiger partial charge is 0.460 e. The van der Waals surface area contributed by atoms with Crippen molar-refractivity contribution in [1.29, 1.82) is 0 Å². The summed E-state index contributed by atoms with van der Waals surface area (Å²) in [5.74, 6) is -1.08. The standard InChI is InChI=1S/C12H6ClF3O2/c13-9-4-2-1-3-8(9)11(17)10-5-7(6-18-10)12(14,15)16/h1-6H. The van der Waals surface area contributed by atoms with E-state index in [1.54, 1.807) is 12.1 Å². The van der Waals surface area contributed by atoms with E-state index in [4.69, 9.17) is 11.6 Å². The van der Waals surface area contributed by atoms with Gasteiger partial charge in [0.25, 0.3) is 0 Å². The molecule has 0 spiro atoms. The SMILES string of the molecule is O=C(c1cc(C(F)(F)F)co1)c1ccccc1Cl. The predicted octanol–water partition coefficient (Wildman–Crippen LogP) is 4.18. The Balaban J connectivity index is 2.36. The number of alkyl halides is 3. The van der Waals surface area contributed by atoms with Gasteiger partial charge in [0, 0.05) is 11.6 Å². The van der Waals surface area contributed by atoms with Crippen LogP contribution in [0.1, 0.15) is 21.7 Å². The van der Waals surface area contributed by atoms with Crippen LogP contribution in [0.15, 0.2) is 41.0 Å². The molecule has 2 rings (SSSR count). The Morgan fingerprint density at radius 3 is 2.44 bits per heavy atom. The maximum absolute atomic E-state index is 12.3. The maximum Gasteiger partial charge on any atom is 0.419 e. The molecule has 0 fully saturated rings. The highest BCUT2D eigenvalue weighted by Gasteiger charge is 2.33. The summed E-state index contributed by atoms with van der Waals surface area (Å²) in [6.45, 7) is 0. The first kappa shape index (κ1) is 12.7. The number of benzene rings is 1. The molecule has 0 saturated heterocycles. The van der Waals surface area contributed by atoms with Gasteiger partial charge in [0.15, 0.2) is 5.76 Å². The number of halogens is 4. The monoisotopic (exact) mass is 274 g/mol. The molecule has 1 aromatic heterocycles. The third-order valence-electron chi connectivity index (χ3n) is 2.27. The van der Waals surface area contributed by atoms with Crippen LogP contribution in [-0.4, -0.2) is 5.78 Å². The second-order valence-corrected chi connectivity index (χ2v) is 3.91. The van der Waals surface area contributed by atoms with Crippen LogP contribution in [0, 0.1) is 0 Å². The molecule has 0 aliphatic heterocycles. The minimum atomic E-state index is -4.54. The molecule has 1 aromatic carbocycles. The van der Waals surface area contributed by atoms with Gasteiger partial charge in [0.2, 0.25) is 5.78 Å². The van der Waals surface area contributed by atoms with Crippen molar-refractivity contribution in [2.45, 2.75) is 6.18 Å². The summed E-state index contributed by atoms with van der Waals surface area (Å²) in [6.07, 6.45) is -4.04. The predicted molar refractivity (Wildman–Crippen MR) is 58.6 cm³/mol. The second kappa shape index (κ2) is 4.49. The van der Waals surface area contributed by atoms with Crippen molar-refractivity contribution in [2.24, 2.45) is 0 Å². The van der Waals surface area contributed by atoms with E-state index in [9.17, 15) is 18.0 Å². The number of ketones is 1. The summed E-state index contributed by atoms with van der Waals surface area (Å²) in [6, 6.07) is 6.73. The fourth-order valence-electron chi connectivity index (χ4n) is 1.38. The third kappa shape index (κ3) is 2.41. The van der Waals surface area contributed by atoms with Crippen LogP contribution >= 0.6 is 11.6 Å². The molecule has 0 saturated carbocycles. The fourth-order valence-corrected chi connectivity index (χ4v) is 1.60. The lowest BCUT2D eigenvalue weighted by Gasteiger charge is -2.00. The normalized spacial score (nSPS) is 11.6. The highest BCUT2D eigenvalue weighted by Crippen LogP contribution is 2.31. The van der Waals surface area contributed by atoms with Gasteiger partial charge in [-0.1, -0.05) is 23.7 Å². The molecule has 0 radical (unpaired) electrons. The second-order valence-electron chi connectivity index (χ2n) is 3.51. The zero-order chi connectivity index (χ0) is 13.3. The summed E-state index contributed by atoms with van der Waals surface area (Å²) >= 11 is 5.78. The molecule has 6 heteroatoms. The number of rotatable bonds is 2. The molecule has 0 bridgehead atoms. The Kier molecular flexibility index (Phi) is 3.17. The summed E-state index contributed by atoms with van der Waals surface area (Å²) < 4.78 is 41.7. The van der Waals surface area contributed by atoms with Crippen molar-refractivity contribution in [2.75, 3.05) is 0 Å². The molecule has 2 nitrogen and oxygen atoms in total. The van der Waals surface area contributed by atoms with Crippen LogP contribution in [-0.2, 0) is 6.18 Å². The third-order valence-corrected chi connectivity index (χ3v) is 2.60. The van der Waals surface area contributed by atoms with E-state index in [1.807, 2.05) is 0 Å². The topological polar surface area (TPSA) is 30.2 Å². The summed E-state index contributed by atoms with van der Waals surface area (Å²) in [5.41, 5.74) is -0.903. The molecule has 0 N–H and O–H groups in total. The minimum Gasteiger partial charge on any atom is -0.460 e. The number of carbonyl (C=O) groups is 1. The molecule has 18 heavy (non-hydrogen) atoms. The Bertz CT molecular complexity index is 587. The van der Waals surface area contributed by atoms with Crippen LogP contribution < -0.4 is 0 Å². The van der Waals surface area contributed by atoms with Crippen molar-refractivity contribution < 1.29 is 22.4 Å². The first-order valence-electron chi connectivity index (χ1n) is 4.84. The van der Waals surface area contributed by atoms with Crippen molar-refractivity contribution in [3.63, 3.8) is 0 Å². The van der Waals surface area contributed by atoms with Gasteiger partial charge in [-0.15, -0.1) is 0 Å². The van der Waals surface area contributed by atoms with Gasteiger partial charge in [-0.25, -0.2) is 0 Å². The lowest BCUT2D eigenvalue weighted by molar-refractivity contribution is -0.137. The molecule has 0 aliphatic carbocycles. The molecular formula is C12H6ClF3O2. The first-order valence-corrected chi connectivity index (χ1v) is 5.22. The van der Waals surface area contributed by atoms with Gasteiger partial charge in [-0.05, 0) is 12.1 Å². The van der Waals surface area contributed by atoms with E-state index in [0.717, 1.165) is 0 Å². The van der Waals surface area contributed by atoms with Crippen molar-refractivity contribution in [3.05, 3.63) is 58.5 Å². The number of hydrogen-bond donors (Lipinski definition) is 0. The van der Waals surface area contributed by atoms with Crippen LogP contribution in [0.2, 0.25) is 5.02 Å². The van der Waals surface area contributed by atoms with Gasteiger partial charge >= 0.3 is 6.18 Å². The highest BCUT2D eigenvalue weighted by molar-refractivity contribution is 6.34. The van der Waals surface area contributed by atoms with Crippen LogP contribution in [0.5, 0.6) is 0 Å². The molecule has 0 atom stereocenters. The molecule has 1 heterocycles. The van der Waals surface area contributed by atoms with Gasteiger partial charge in [-0.3, -0.25) is 4.79 Å². The summed E-state index contributed by atoms with van der Waals surface area (Å²) in [7, 11) is 0. The molecule has 0 unspecified atom stereocenters. The minimum absolute atomic E-state index is 0.0993. The lowest BCUT2D eigenvalue weighted by atomic mass is 10.1. The molecule has 94 valence electrons. The Morgan fingerprint density at radius 2 is 1.89 bits per heavy atom. The van der Waals surface area contributed by atoms with Gasteiger partial charge < -0.3 is 4.42 Å². The molecule has 2 aromatic rings. The summed E-state index contributed by atoms with van der Waals surface area (Å²) in [4.78, 5) is 11.9. The van der Waals surface area contributed by atoms with Gasteiger partial charge in [0.1, 0.15) is 6.26 Å². The van der Waals surface area contributed by atoms with Crippen LogP contribution in [0.4, 0.5) is 13.2 Å². The van der Waals surface area contributed by atoms with E-state index in [2.05, 4.69) is 4.42 Å². The van der Waals surface area contributed by atoms with Gasteiger partial charge in [0.05, 0.1) is 10.6 Å². The lowest BCUT2D eigenvalue weighted by Crippen LogP contribution is -2.03. The average molecular weight is 275 g/mol. The molecular weight excluding hydrogens is 269 g/mol. The number of furan rings is 1. The molecule has 0 amide bonds.